The fourth-order valence-corrected chi connectivity index (χ4v) is 1.86. The van der Waals surface area contributed by atoms with Crippen LogP contribution in [0.2, 0.25) is 0 Å². The van der Waals surface area contributed by atoms with Gasteiger partial charge in [-0.1, -0.05) is 25.0 Å². The lowest BCUT2D eigenvalue weighted by Crippen LogP contribution is -2.17. The zero-order chi connectivity index (χ0) is 15.9. The Hall–Kier alpha value is -2.44. The largest absolute Gasteiger partial charge is 0.491 e. The molecule has 2 aromatic rings. The number of nitrogens with one attached hydrogen (secondary N) is 1. The van der Waals surface area contributed by atoms with Crippen molar-refractivity contribution in [3.63, 3.8) is 0 Å². The minimum atomic E-state index is -0.262. The molecule has 22 heavy (non-hydrogen) atoms. The third kappa shape index (κ3) is 4.03. The first-order chi connectivity index (χ1) is 10.6. The van der Waals surface area contributed by atoms with E-state index in [4.69, 9.17) is 4.74 Å². The molecule has 7 heteroatoms. The first-order valence-electron chi connectivity index (χ1n) is 7.48. The molecule has 2 rings (SSSR count). The molecule has 7 nitrogen and oxygen atoms in total. The van der Waals surface area contributed by atoms with Crippen LogP contribution in [0.15, 0.2) is 24.3 Å². The van der Waals surface area contributed by atoms with E-state index in [1.54, 1.807) is 22.9 Å². The number of tetrazole rings is 1. The summed E-state index contributed by atoms with van der Waals surface area (Å²) >= 11 is 0. The van der Waals surface area contributed by atoms with Gasteiger partial charge in [0.1, 0.15) is 5.75 Å². The fourth-order valence-electron chi connectivity index (χ4n) is 1.86. The summed E-state index contributed by atoms with van der Waals surface area (Å²) in [6.45, 7) is 6.71. The van der Waals surface area contributed by atoms with Crippen molar-refractivity contribution in [2.75, 3.05) is 5.32 Å². The SMILES string of the molecule is CCCn1nnnc1NC(=O)c1cccc(O[C@H](C)CC)c1. The molecule has 0 fully saturated rings. The number of anilines is 1. The van der Waals surface area contributed by atoms with Crippen LogP contribution in [0.4, 0.5) is 5.95 Å². The van der Waals surface area contributed by atoms with Crippen molar-refractivity contribution >= 4 is 11.9 Å². The third-order valence-corrected chi connectivity index (χ3v) is 3.20. The molecular formula is C15H21N5O2. The molecule has 0 bridgehead atoms. The lowest BCUT2D eigenvalue weighted by molar-refractivity contribution is 0.102. The van der Waals surface area contributed by atoms with Crippen molar-refractivity contribution in [2.24, 2.45) is 0 Å². The summed E-state index contributed by atoms with van der Waals surface area (Å²) < 4.78 is 7.29. The first kappa shape index (κ1) is 15.9. The van der Waals surface area contributed by atoms with E-state index >= 15 is 0 Å². The van der Waals surface area contributed by atoms with Gasteiger partial charge in [0.05, 0.1) is 6.10 Å². The monoisotopic (exact) mass is 303 g/mol. The number of carbonyl (C=O) groups excluding carboxylic acids is 1. The second kappa shape index (κ2) is 7.53. The molecule has 0 saturated carbocycles. The molecule has 1 amide bonds. The summed E-state index contributed by atoms with van der Waals surface area (Å²) in [7, 11) is 0. The van der Waals surface area contributed by atoms with E-state index in [2.05, 4.69) is 27.8 Å². The number of hydrogen-bond acceptors (Lipinski definition) is 5. The molecule has 0 saturated heterocycles. The van der Waals surface area contributed by atoms with Gasteiger partial charge in [0.2, 0.25) is 5.95 Å². The van der Waals surface area contributed by atoms with E-state index in [1.807, 2.05) is 19.9 Å². The summed E-state index contributed by atoms with van der Waals surface area (Å²) in [5.41, 5.74) is 0.506. The number of aryl methyl sites for hydroxylation is 1. The molecule has 0 unspecified atom stereocenters. The number of nitrogens with zero attached hydrogens (tertiary/aromatic N) is 4. The quantitative estimate of drug-likeness (QED) is 0.850. The number of rotatable bonds is 7. The van der Waals surface area contributed by atoms with Crippen LogP contribution in [0.1, 0.15) is 44.0 Å². The van der Waals surface area contributed by atoms with Gasteiger partial charge >= 0.3 is 0 Å². The maximum absolute atomic E-state index is 12.3. The van der Waals surface area contributed by atoms with E-state index in [9.17, 15) is 4.79 Å². The van der Waals surface area contributed by atoms with Crippen molar-refractivity contribution < 1.29 is 9.53 Å². The van der Waals surface area contributed by atoms with Gasteiger partial charge in [-0.3, -0.25) is 10.1 Å². The van der Waals surface area contributed by atoms with Crippen LogP contribution in [0.25, 0.3) is 0 Å². The number of carbonyl (C=O) groups is 1. The molecule has 0 aliphatic carbocycles. The Balaban J connectivity index is 2.09. The van der Waals surface area contributed by atoms with Crippen LogP contribution in [0, 0.1) is 0 Å². The molecular weight excluding hydrogens is 282 g/mol. The molecule has 0 aliphatic rings. The Morgan fingerprint density at radius 1 is 1.41 bits per heavy atom. The van der Waals surface area contributed by atoms with Crippen LogP contribution in [0.3, 0.4) is 0 Å². The zero-order valence-corrected chi connectivity index (χ0v) is 13.1. The van der Waals surface area contributed by atoms with Gasteiger partial charge in [-0.05, 0) is 48.4 Å². The smallest absolute Gasteiger partial charge is 0.258 e. The van der Waals surface area contributed by atoms with Crippen molar-refractivity contribution in [2.45, 2.75) is 46.3 Å². The van der Waals surface area contributed by atoms with Crippen molar-refractivity contribution in [3.8, 4) is 5.75 Å². The molecule has 0 radical (unpaired) electrons. The van der Waals surface area contributed by atoms with Crippen molar-refractivity contribution in [3.05, 3.63) is 29.8 Å². The minimum Gasteiger partial charge on any atom is -0.491 e. The van der Waals surface area contributed by atoms with Crippen LogP contribution in [0.5, 0.6) is 5.75 Å². The number of amides is 1. The van der Waals surface area contributed by atoms with Gasteiger partial charge in [-0.25, -0.2) is 4.68 Å². The number of aromatic nitrogens is 4. The Labute approximate surface area is 129 Å². The Morgan fingerprint density at radius 3 is 2.95 bits per heavy atom. The maximum atomic E-state index is 12.3. The Bertz CT molecular complexity index is 626. The molecule has 1 heterocycles. The average Bonchev–Trinajstić information content (AvgIpc) is 2.95. The highest BCUT2D eigenvalue weighted by Crippen LogP contribution is 2.16. The van der Waals surface area contributed by atoms with E-state index < -0.39 is 0 Å². The minimum absolute atomic E-state index is 0.107. The third-order valence-electron chi connectivity index (χ3n) is 3.20. The van der Waals surface area contributed by atoms with Gasteiger partial charge in [0, 0.05) is 12.1 Å². The van der Waals surface area contributed by atoms with Gasteiger partial charge in [0.25, 0.3) is 5.91 Å². The van der Waals surface area contributed by atoms with Gasteiger partial charge in [0.15, 0.2) is 0 Å². The zero-order valence-electron chi connectivity index (χ0n) is 13.1. The van der Waals surface area contributed by atoms with Crippen LogP contribution < -0.4 is 10.1 Å². The molecule has 1 aromatic carbocycles. The highest BCUT2D eigenvalue weighted by atomic mass is 16.5. The van der Waals surface area contributed by atoms with E-state index in [-0.39, 0.29) is 12.0 Å². The fraction of sp³-hybridized carbons (Fsp3) is 0.467. The van der Waals surface area contributed by atoms with Gasteiger partial charge in [-0.2, -0.15) is 0 Å². The highest BCUT2D eigenvalue weighted by Gasteiger charge is 2.12. The molecule has 0 spiro atoms. The molecule has 1 aromatic heterocycles. The first-order valence-corrected chi connectivity index (χ1v) is 7.48. The second-order valence-corrected chi connectivity index (χ2v) is 5.04. The number of hydrogen-bond donors (Lipinski definition) is 1. The van der Waals surface area contributed by atoms with Crippen LogP contribution in [-0.4, -0.2) is 32.2 Å². The summed E-state index contributed by atoms with van der Waals surface area (Å²) in [6, 6.07) is 7.08. The summed E-state index contributed by atoms with van der Waals surface area (Å²) in [6.07, 6.45) is 1.89. The predicted molar refractivity (Wildman–Crippen MR) is 82.9 cm³/mol. The van der Waals surface area contributed by atoms with E-state index in [0.29, 0.717) is 23.8 Å². The molecule has 118 valence electrons. The normalized spacial score (nSPS) is 12.0. The van der Waals surface area contributed by atoms with Gasteiger partial charge < -0.3 is 4.74 Å². The topological polar surface area (TPSA) is 81.9 Å². The molecule has 1 N–H and O–H groups in total. The predicted octanol–water partition coefficient (Wildman–Crippen LogP) is 2.51. The second-order valence-electron chi connectivity index (χ2n) is 5.04. The molecule has 1 atom stereocenters. The summed E-state index contributed by atoms with van der Waals surface area (Å²) in [5, 5.41) is 14.0. The van der Waals surface area contributed by atoms with E-state index in [1.165, 1.54) is 0 Å². The highest BCUT2D eigenvalue weighted by molar-refractivity contribution is 6.03. The number of ether oxygens (including phenoxy) is 1. The van der Waals surface area contributed by atoms with Crippen molar-refractivity contribution in [1.29, 1.82) is 0 Å². The Morgan fingerprint density at radius 2 is 2.23 bits per heavy atom. The molecule has 0 aliphatic heterocycles. The number of benzene rings is 1. The maximum Gasteiger partial charge on any atom is 0.258 e. The lowest BCUT2D eigenvalue weighted by Gasteiger charge is -2.13. The average molecular weight is 303 g/mol. The van der Waals surface area contributed by atoms with E-state index in [0.717, 1.165) is 12.8 Å². The lowest BCUT2D eigenvalue weighted by atomic mass is 10.2. The standard InChI is InChI=1S/C15H21N5O2/c1-4-9-20-15(17-18-19-20)16-14(21)12-7-6-8-13(10-12)22-11(3)5-2/h6-8,10-11H,4-5,9H2,1-3H3,(H,16,17,19,21)/t11-/m1/s1. The van der Waals surface area contributed by atoms with Crippen LogP contribution in [-0.2, 0) is 6.54 Å². The van der Waals surface area contributed by atoms with Gasteiger partial charge in [-0.15, -0.1) is 0 Å². The Kier molecular flexibility index (Phi) is 5.46. The van der Waals surface area contributed by atoms with Crippen LogP contribution >= 0.6 is 0 Å². The summed E-state index contributed by atoms with van der Waals surface area (Å²) in [4.78, 5) is 12.3. The van der Waals surface area contributed by atoms with Crippen molar-refractivity contribution in [1.82, 2.24) is 20.2 Å². The summed E-state index contributed by atoms with van der Waals surface area (Å²) in [5.74, 6) is 0.761.